The fraction of sp³-hybridized carbons (Fsp3) is 0.0312. The first kappa shape index (κ1) is 26.3. The van der Waals surface area contributed by atoms with Crippen LogP contribution in [0, 0.1) is 5.82 Å². The highest BCUT2D eigenvalue weighted by molar-refractivity contribution is 5.96. The number of fused-ring (bicyclic) bond motifs is 1. The largest absolute Gasteiger partial charge is 0.478 e. The lowest BCUT2D eigenvalue weighted by molar-refractivity contribution is 0.0695. The van der Waals surface area contributed by atoms with Gasteiger partial charge in [-0.3, -0.25) is 9.36 Å². The monoisotopic (exact) mass is 558 g/mol. The average Bonchev–Trinajstić information content (AvgIpc) is 3.39. The minimum absolute atomic E-state index is 0.128. The molecule has 0 atom stereocenters. The molecule has 0 bridgehead atoms. The molecule has 0 aliphatic carbocycles. The van der Waals surface area contributed by atoms with E-state index < -0.39 is 17.7 Å². The van der Waals surface area contributed by atoms with Gasteiger partial charge in [-0.25, -0.2) is 24.1 Å². The predicted molar refractivity (Wildman–Crippen MR) is 156 cm³/mol. The third-order valence-corrected chi connectivity index (χ3v) is 6.76. The fourth-order valence-corrected chi connectivity index (χ4v) is 4.63. The zero-order valence-electron chi connectivity index (χ0n) is 22.0. The topological polar surface area (TPSA) is 136 Å². The summed E-state index contributed by atoms with van der Waals surface area (Å²) in [5.74, 6) is -1.91. The zero-order valence-corrected chi connectivity index (χ0v) is 22.0. The van der Waals surface area contributed by atoms with Crippen molar-refractivity contribution in [1.29, 1.82) is 0 Å². The maximum atomic E-state index is 14.3. The van der Waals surface area contributed by atoms with E-state index in [1.165, 1.54) is 6.07 Å². The van der Waals surface area contributed by atoms with Gasteiger partial charge in [0.15, 0.2) is 11.5 Å². The Bertz CT molecular complexity index is 1960. The Kier molecular flexibility index (Phi) is 6.85. The molecule has 3 aromatic carbocycles. The zero-order chi connectivity index (χ0) is 29.2. The molecule has 42 heavy (non-hydrogen) atoms. The second kappa shape index (κ2) is 10.9. The molecule has 206 valence electrons. The summed E-state index contributed by atoms with van der Waals surface area (Å²) in [6.45, 7) is 0.128. The van der Waals surface area contributed by atoms with Crippen LogP contribution in [0.2, 0.25) is 0 Å². The number of carboxylic acid groups (broad SMARTS) is 1. The van der Waals surface area contributed by atoms with Crippen LogP contribution < -0.4 is 11.1 Å². The molecule has 0 radical (unpaired) electrons. The predicted octanol–water partition coefficient (Wildman–Crippen LogP) is 5.50. The normalized spacial score (nSPS) is 11.0. The summed E-state index contributed by atoms with van der Waals surface area (Å²) in [6, 6.07) is 27.9. The third-order valence-electron chi connectivity index (χ3n) is 6.76. The summed E-state index contributed by atoms with van der Waals surface area (Å²) in [6.07, 6.45) is 1.62. The molecule has 10 heteroatoms. The van der Waals surface area contributed by atoms with Crippen molar-refractivity contribution in [2.75, 3.05) is 5.73 Å². The standard InChI is InChI=1S/C32H23FN6O3/c33-25-17-21(32(41)42)10-13-23(25)31(40)36-18-19-8-11-22(12-9-19)39-29(24-7-4-16-35-28(24)34)38-27-15-14-26(37-30(27)39)20-5-2-1-3-6-20/h1-17H,18H2,(H2,34,35)(H,36,40)(H,41,42). The van der Waals surface area contributed by atoms with Gasteiger partial charge in [-0.15, -0.1) is 0 Å². The van der Waals surface area contributed by atoms with E-state index in [-0.39, 0.29) is 17.7 Å². The van der Waals surface area contributed by atoms with Crippen LogP contribution in [0.15, 0.2) is 103 Å². The Morgan fingerprint density at radius 1 is 0.905 bits per heavy atom. The Morgan fingerprint density at radius 2 is 1.69 bits per heavy atom. The Balaban J connectivity index is 1.33. The molecule has 6 rings (SSSR count). The maximum Gasteiger partial charge on any atom is 0.335 e. The van der Waals surface area contributed by atoms with Gasteiger partial charge in [0.1, 0.15) is 17.2 Å². The average molecular weight is 559 g/mol. The Morgan fingerprint density at radius 3 is 2.40 bits per heavy atom. The van der Waals surface area contributed by atoms with Crippen molar-refractivity contribution in [3.8, 4) is 28.3 Å². The number of rotatable bonds is 7. The van der Waals surface area contributed by atoms with Crippen LogP contribution in [0.4, 0.5) is 10.2 Å². The molecular formula is C32H23FN6O3. The summed E-state index contributed by atoms with van der Waals surface area (Å²) in [5.41, 5.74) is 11.0. The number of anilines is 1. The molecule has 6 aromatic rings. The van der Waals surface area contributed by atoms with Crippen molar-refractivity contribution in [3.05, 3.63) is 126 Å². The molecule has 0 spiro atoms. The van der Waals surface area contributed by atoms with Crippen LogP contribution in [-0.4, -0.2) is 36.5 Å². The summed E-state index contributed by atoms with van der Waals surface area (Å²) in [4.78, 5) is 37.6. The molecular weight excluding hydrogens is 535 g/mol. The minimum atomic E-state index is -1.27. The van der Waals surface area contributed by atoms with Crippen molar-refractivity contribution < 1.29 is 19.1 Å². The summed E-state index contributed by atoms with van der Waals surface area (Å²) < 4.78 is 16.2. The van der Waals surface area contributed by atoms with Gasteiger partial charge < -0.3 is 16.2 Å². The van der Waals surface area contributed by atoms with Crippen LogP contribution >= 0.6 is 0 Å². The lowest BCUT2D eigenvalue weighted by atomic mass is 10.1. The number of carbonyl (C=O) groups excluding carboxylic acids is 1. The first-order chi connectivity index (χ1) is 20.4. The molecule has 0 saturated heterocycles. The van der Waals surface area contributed by atoms with E-state index in [0.717, 1.165) is 34.6 Å². The molecule has 0 aliphatic heterocycles. The first-order valence-electron chi connectivity index (χ1n) is 12.9. The SMILES string of the molecule is Nc1ncccc1-c1nc2ccc(-c3ccccc3)nc2n1-c1ccc(CNC(=O)c2ccc(C(=O)O)cc2F)cc1. The van der Waals surface area contributed by atoms with Gasteiger partial charge in [-0.1, -0.05) is 42.5 Å². The molecule has 0 fully saturated rings. The van der Waals surface area contributed by atoms with Crippen LogP contribution in [-0.2, 0) is 6.54 Å². The van der Waals surface area contributed by atoms with Crippen LogP contribution in [0.3, 0.4) is 0 Å². The highest BCUT2D eigenvalue weighted by Gasteiger charge is 2.19. The number of halogens is 1. The molecule has 1 amide bonds. The highest BCUT2D eigenvalue weighted by atomic mass is 19.1. The quantitative estimate of drug-likeness (QED) is 0.235. The first-order valence-corrected chi connectivity index (χ1v) is 12.9. The van der Waals surface area contributed by atoms with E-state index in [4.69, 9.17) is 20.8 Å². The van der Waals surface area contributed by atoms with Crippen LogP contribution in [0.1, 0.15) is 26.3 Å². The van der Waals surface area contributed by atoms with Crippen molar-refractivity contribution in [2.24, 2.45) is 0 Å². The van der Waals surface area contributed by atoms with Crippen molar-refractivity contribution in [2.45, 2.75) is 6.54 Å². The number of nitrogen functional groups attached to an aromatic ring is 1. The lowest BCUT2D eigenvalue weighted by Gasteiger charge is -2.12. The van der Waals surface area contributed by atoms with Gasteiger partial charge in [0.2, 0.25) is 0 Å². The van der Waals surface area contributed by atoms with Gasteiger partial charge in [0.25, 0.3) is 5.91 Å². The van der Waals surface area contributed by atoms with Gasteiger partial charge in [-0.05, 0) is 60.2 Å². The number of hydrogen-bond donors (Lipinski definition) is 3. The van der Waals surface area contributed by atoms with E-state index >= 15 is 0 Å². The van der Waals surface area contributed by atoms with Crippen LogP contribution in [0.5, 0.6) is 0 Å². The molecule has 3 aromatic heterocycles. The number of amides is 1. The number of aromatic carboxylic acids is 1. The van der Waals surface area contributed by atoms with Crippen LogP contribution in [0.25, 0.3) is 39.5 Å². The fourth-order valence-electron chi connectivity index (χ4n) is 4.63. The molecule has 0 saturated carbocycles. The van der Waals surface area contributed by atoms with Crippen molar-refractivity contribution >= 4 is 28.9 Å². The van der Waals surface area contributed by atoms with Gasteiger partial charge in [0, 0.05) is 24.0 Å². The van der Waals surface area contributed by atoms with Gasteiger partial charge in [-0.2, -0.15) is 0 Å². The van der Waals surface area contributed by atoms with E-state index in [0.29, 0.717) is 28.4 Å². The molecule has 9 nitrogen and oxygen atoms in total. The minimum Gasteiger partial charge on any atom is -0.478 e. The number of imidazole rings is 1. The molecule has 3 heterocycles. The van der Waals surface area contributed by atoms with Gasteiger partial charge in [0.05, 0.1) is 22.4 Å². The van der Waals surface area contributed by atoms with Crippen molar-refractivity contribution in [1.82, 2.24) is 24.8 Å². The maximum absolute atomic E-state index is 14.3. The number of nitrogens with one attached hydrogen (secondary N) is 1. The summed E-state index contributed by atoms with van der Waals surface area (Å²) >= 11 is 0. The number of benzene rings is 3. The number of pyridine rings is 2. The third kappa shape index (κ3) is 5.04. The number of carboxylic acids is 1. The van der Waals surface area contributed by atoms with E-state index in [1.807, 2.05) is 77.4 Å². The van der Waals surface area contributed by atoms with E-state index in [1.54, 1.807) is 12.3 Å². The second-order valence-corrected chi connectivity index (χ2v) is 9.46. The van der Waals surface area contributed by atoms with E-state index in [2.05, 4.69) is 10.3 Å². The number of nitrogens with zero attached hydrogens (tertiary/aromatic N) is 4. The number of aromatic nitrogens is 4. The highest BCUT2D eigenvalue weighted by Crippen LogP contribution is 2.31. The second-order valence-electron chi connectivity index (χ2n) is 9.46. The number of nitrogens with two attached hydrogens (primary N) is 1. The smallest absolute Gasteiger partial charge is 0.335 e. The number of hydrogen-bond acceptors (Lipinski definition) is 6. The lowest BCUT2D eigenvalue weighted by Crippen LogP contribution is -2.24. The Labute approximate surface area is 239 Å². The Hall–Kier alpha value is -5.90. The van der Waals surface area contributed by atoms with E-state index in [9.17, 15) is 14.0 Å². The summed E-state index contributed by atoms with van der Waals surface area (Å²) in [5, 5.41) is 11.7. The van der Waals surface area contributed by atoms with Gasteiger partial charge >= 0.3 is 5.97 Å². The summed E-state index contributed by atoms with van der Waals surface area (Å²) in [7, 11) is 0. The number of carbonyl (C=O) groups is 2. The molecule has 4 N–H and O–H groups in total. The molecule has 0 unspecified atom stereocenters. The molecule has 0 aliphatic rings. The van der Waals surface area contributed by atoms with Crippen molar-refractivity contribution in [3.63, 3.8) is 0 Å².